The predicted molar refractivity (Wildman–Crippen MR) is 105 cm³/mol. The quantitative estimate of drug-likeness (QED) is 0.467. The minimum Gasteiger partial charge on any atom is -0.458 e. The van der Waals surface area contributed by atoms with E-state index >= 15 is 0 Å². The Morgan fingerprint density at radius 2 is 1.52 bits per heavy atom. The van der Waals surface area contributed by atoms with Crippen molar-refractivity contribution in [3.8, 4) is 0 Å². The fourth-order valence-electron chi connectivity index (χ4n) is 2.28. The Labute approximate surface area is 170 Å². The van der Waals surface area contributed by atoms with E-state index in [1.165, 1.54) is 13.8 Å². The van der Waals surface area contributed by atoms with Gasteiger partial charge in [-0.15, -0.1) is 0 Å². The van der Waals surface area contributed by atoms with E-state index in [4.69, 9.17) is 9.47 Å². The van der Waals surface area contributed by atoms with E-state index in [1.54, 1.807) is 45.0 Å². The molecule has 0 aliphatic rings. The van der Waals surface area contributed by atoms with Gasteiger partial charge in [0.1, 0.15) is 18.2 Å². The lowest BCUT2D eigenvalue weighted by Crippen LogP contribution is -2.58. The third kappa shape index (κ3) is 8.93. The summed E-state index contributed by atoms with van der Waals surface area (Å²) in [4.78, 5) is 36.8. The standard InChI is InChI=1S/C20H30N2O7/c1-12(23)15(22-19(27)28-11-14-9-7-6-8-10-14)17(25)21-16(13(2)24)18(26)29-20(3,4)5/h6-10,12-13,15-16,23-24H,11H2,1-5H3,(H,21,25)(H,22,27)/t12-,13-,15+,16-/m1/s1. The number of aliphatic hydroxyl groups excluding tert-OH is 2. The molecule has 162 valence electrons. The van der Waals surface area contributed by atoms with Crippen LogP contribution in [0.5, 0.6) is 0 Å². The summed E-state index contributed by atoms with van der Waals surface area (Å²) in [5.74, 6) is -1.70. The molecule has 2 amide bonds. The summed E-state index contributed by atoms with van der Waals surface area (Å²) in [6.07, 6.45) is -3.46. The van der Waals surface area contributed by atoms with Gasteiger partial charge in [0.25, 0.3) is 0 Å². The number of aliphatic hydroxyl groups is 2. The molecule has 0 radical (unpaired) electrons. The number of nitrogens with one attached hydrogen (secondary N) is 2. The van der Waals surface area contributed by atoms with E-state index in [0.29, 0.717) is 0 Å². The second-order valence-corrected chi connectivity index (χ2v) is 7.68. The highest BCUT2D eigenvalue weighted by molar-refractivity contribution is 5.90. The minimum atomic E-state index is -1.40. The number of hydrogen-bond acceptors (Lipinski definition) is 7. The molecule has 4 atom stereocenters. The Morgan fingerprint density at radius 3 is 2.00 bits per heavy atom. The van der Waals surface area contributed by atoms with Gasteiger partial charge in [-0.3, -0.25) is 4.79 Å². The van der Waals surface area contributed by atoms with Gasteiger partial charge in [0.2, 0.25) is 5.91 Å². The summed E-state index contributed by atoms with van der Waals surface area (Å²) in [6, 6.07) is 6.15. The number of ether oxygens (including phenoxy) is 2. The molecule has 0 aromatic heterocycles. The molecule has 0 spiro atoms. The number of benzene rings is 1. The molecule has 1 rings (SSSR count). The van der Waals surface area contributed by atoms with Crippen LogP contribution < -0.4 is 10.6 Å². The van der Waals surface area contributed by atoms with Gasteiger partial charge in [0.15, 0.2) is 6.04 Å². The van der Waals surface area contributed by atoms with Crippen molar-refractivity contribution in [2.24, 2.45) is 0 Å². The van der Waals surface area contributed by atoms with Gasteiger partial charge in [0.05, 0.1) is 12.2 Å². The van der Waals surface area contributed by atoms with Gasteiger partial charge in [-0.2, -0.15) is 0 Å². The fourth-order valence-corrected chi connectivity index (χ4v) is 2.28. The average molecular weight is 410 g/mol. The average Bonchev–Trinajstić information content (AvgIpc) is 2.61. The Hall–Kier alpha value is -2.65. The van der Waals surface area contributed by atoms with E-state index in [2.05, 4.69) is 10.6 Å². The molecule has 0 aliphatic carbocycles. The SMILES string of the molecule is C[C@@H](O)[C@H](NC(=O)OCc1ccccc1)C(=O)N[C@@H](C(=O)OC(C)(C)C)[C@@H](C)O. The molecule has 0 bridgehead atoms. The maximum absolute atomic E-state index is 12.5. The summed E-state index contributed by atoms with van der Waals surface area (Å²) >= 11 is 0. The highest BCUT2D eigenvalue weighted by atomic mass is 16.6. The van der Waals surface area contributed by atoms with Crippen LogP contribution in [-0.2, 0) is 25.7 Å². The molecule has 0 saturated heterocycles. The summed E-state index contributed by atoms with van der Waals surface area (Å²) in [5.41, 5.74) is -0.0715. The van der Waals surface area contributed by atoms with Gasteiger partial charge < -0.3 is 30.3 Å². The van der Waals surface area contributed by atoms with Crippen molar-refractivity contribution < 1.29 is 34.1 Å². The van der Waals surface area contributed by atoms with Crippen LogP contribution >= 0.6 is 0 Å². The van der Waals surface area contributed by atoms with Gasteiger partial charge in [-0.25, -0.2) is 9.59 Å². The van der Waals surface area contributed by atoms with Crippen LogP contribution in [0.4, 0.5) is 4.79 Å². The van der Waals surface area contributed by atoms with Crippen LogP contribution in [0.1, 0.15) is 40.2 Å². The van der Waals surface area contributed by atoms with Gasteiger partial charge in [-0.1, -0.05) is 30.3 Å². The molecular weight excluding hydrogens is 380 g/mol. The molecule has 0 aliphatic heterocycles. The minimum absolute atomic E-state index is 0.0188. The maximum Gasteiger partial charge on any atom is 0.408 e. The van der Waals surface area contributed by atoms with Gasteiger partial charge in [0, 0.05) is 0 Å². The van der Waals surface area contributed by atoms with E-state index in [0.717, 1.165) is 5.56 Å². The van der Waals surface area contributed by atoms with E-state index in [9.17, 15) is 24.6 Å². The first-order chi connectivity index (χ1) is 13.4. The summed E-state index contributed by atoms with van der Waals surface area (Å²) < 4.78 is 10.2. The van der Waals surface area contributed by atoms with Crippen LogP contribution in [0.3, 0.4) is 0 Å². The zero-order valence-corrected chi connectivity index (χ0v) is 17.3. The number of esters is 1. The zero-order chi connectivity index (χ0) is 22.2. The molecule has 9 nitrogen and oxygen atoms in total. The Bertz CT molecular complexity index is 684. The first-order valence-electron chi connectivity index (χ1n) is 9.27. The van der Waals surface area contributed by atoms with Crippen molar-refractivity contribution >= 4 is 18.0 Å². The maximum atomic E-state index is 12.5. The lowest BCUT2D eigenvalue weighted by Gasteiger charge is -2.28. The number of rotatable bonds is 8. The Balaban J connectivity index is 2.74. The highest BCUT2D eigenvalue weighted by Crippen LogP contribution is 2.10. The topological polar surface area (TPSA) is 134 Å². The summed E-state index contributed by atoms with van der Waals surface area (Å²) in [7, 11) is 0. The summed E-state index contributed by atoms with van der Waals surface area (Å²) in [6.45, 7) is 7.54. The Morgan fingerprint density at radius 1 is 0.966 bits per heavy atom. The van der Waals surface area contributed by atoms with Gasteiger partial charge in [-0.05, 0) is 40.2 Å². The molecule has 0 fully saturated rings. The zero-order valence-electron chi connectivity index (χ0n) is 17.3. The third-order valence-electron chi connectivity index (χ3n) is 3.69. The van der Waals surface area contributed by atoms with Crippen LogP contribution in [0.25, 0.3) is 0 Å². The van der Waals surface area contributed by atoms with E-state index in [1.807, 2.05) is 6.07 Å². The van der Waals surface area contributed by atoms with Crippen molar-refractivity contribution in [3.63, 3.8) is 0 Å². The lowest BCUT2D eigenvalue weighted by molar-refractivity contribution is -0.161. The predicted octanol–water partition coefficient (Wildman–Crippen LogP) is 0.870. The molecule has 29 heavy (non-hydrogen) atoms. The highest BCUT2D eigenvalue weighted by Gasteiger charge is 2.34. The molecule has 4 N–H and O–H groups in total. The van der Waals surface area contributed by atoms with Crippen molar-refractivity contribution in [1.29, 1.82) is 0 Å². The lowest BCUT2D eigenvalue weighted by atomic mass is 10.1. The van der Waals surface area contributed by atoms with Crippen LogP contribution in [-0.4, -0.2) is 58.1 Å². The van der Waals surface area contributed by atoms with Crippen LogP contribution in [0.2, 0.25) is 0 Å². The number of carbonyl (C=O) groups is 3. The second-order valence-electron chi connectivity index (χ2n) is 7.68. The van der Waals surface area contributed by atoms with Gasteiger partial charge >= 0.3 is 12.1 Å². The molecule has 0 heterocycles. The fraction of sp³-hybridized carbons (Fsp3) is 0.550. The number of hydrogen-bond donors (Lipinski definition) is 4. The number of carbonyl (C=O) groups excluding carboxylic acids is 3. The largest absolute Gasteiger partial charge is 0.458 e. The molecule has 1 aromatic carbocycles. The smallest absolute Gasteiger partial charge is 0.408 e. The first kappa shape index (κ1) is 24.4. The van der Waals surface area contributed by atoms with E-state index in [-0.39, 0.29) is 6.61 Å². The molecule has 0 unspecified atom stereocenters. The molecule has 1 aromatic rings. The van der Waals surface area contributed by atoms with E-state index < -0.39 is 47.9 Å². The monoisotopic (exact) mass is 410 g/mol. The van der Waals surface area contributed by atoms with Crippen molar-refractivity contribution in [1.82, 2.24) is 10.6 Å². The normalized spacial score (nSPS) is 15.4. The number of alkyl carbamates (subject to hydrolysis) is 1. The van der Waals surface area contributed by atoms with Crippen molar-refractivity contribution in [3.05, 3.63) is 35.9 Å². The summed E-state index contributed by atoms with van der Waals surface area (Å²) in [5, 5.41) is 24.3. The van der Waals surface area contributed by atoms with Crippen LogP contribution in [0.15, 0.2) is 30.3 Å². The third-order valence-corrected chi connectivity index (χ3v) is 3.69. The molecule has 0 saturated carbocycles. The van der Waals surface area contributed by atoms with Crippen LogP contribution in [0, 0.1) is 0 Å². The second kappa shape index (κ2) is 10.8. The van der Waals surface area contributed by atoms with Crippen molar-refractivity contribution in [2.45, 2.75) is 71.1 Å². The first-order valence-corrected chi connectivity index (χ1v) is 9.27. The van der Waals surface area contributed by atoms with Crippen molar-refractivity contribution in [2.75, 3.05) is 0 Å². The Kier molecular flexibility index (Phi) is 9.06. The molecule has 9 heteroatoms. The number of amides is 2. The molecular formula is C20H30N2O7.